The van der Waals surface area contributed by atoms with Gasteiger partial charge in [0, 0.05) is 28.6 Å². The van der Waals surface area contributed by atoms with E-state index < -0.39 is 0 Å². The van der Waals surface area contributed by atoms with E-state index in [1.54, 1.807) is 29.9 Å². The van der Waals surface area contributed by atoms with Gasteiger partial charge in [-0.15, -0.1) is 0 Å². The van der Waals surface area contributed by atoms with Crippen molar-refractivity contribution >= 4 is 49.6 Å². The zero-order valence-corrected chi connectivity index (χ0v) is 17.2. The Balaban J connectivity index is 1.59. The number of carbonyl (C=O) groups is 1. The third-order valence-corrected chi connectivity index (χ3v) is 6.09. The van der Waals surface area contributed by atoms with E-state index in [0.29, 0.717) is 5.13 Å². The van der Waals surface area contributed by atoms with Gasteiger partial charge in [-0.3, -0.25) is 9.78 Å². The lowest BCUT2D eigenvalue weighted by molar-refractivity contribution is -0.116. The van der Waals surface area contributed by atoms with Crippen LogP contribution in [0.4, 0.5) is 5.13 Å². The largest absolute Gasteiger partial charge is 0.301 e. The summed E-state index contributed by atoms with van der Waals surface area (Å²) >= 11 is 6.44. The van der Waals surface area contributed by atoms with E-state index in [1.807, 2.05) is 53.2 Å². The second kappa shape index (κ2) is 8.12. The first kappa shape index (κ1) is 18.0. The molecule has 0 aliphatic rings. The molecular formula is C20H14BrN3OS2. The molecule has 4 aromatic rings. The predicted molar refractivity (Wildman–Crippen MR) is 114 cm³/mol. The summed E-state index contributed by atoms with van der Waals surface area (Å²) in [5.74, 6) is -0.454. The Morgan fingerprint density at radius 3 is 2.67 bits per heavy atom. The van der Waals surface area contributed by atoms with E-state index in [4.69, 9.17) is 0 Å². The van der Waals surface area contributed by atoms with Gasteiger partial charge < -0.3 is 5.32 Å². The summed E-state index contributed by atoms with van der Waals surface area (Å²) < 4.78 is 0.903. The van der Waals surface area contributed by atoms with Crippen molar-refractivity contribution in [2.75, 3.05) is 5.32 Å². The number of anilines is 1. The first-order valence-corrected chi connectivity index (χ1v) is 10.7. The SMILES string of the molecule is O=C(Nc1ncc(-c2cncc(Br)c2)s1)C(c1ccccc1)c1ccsc1. The summed E-state index contributed by atoms with van der Waals surface area (Å²) in [4.78, 5) is 22.5. The number of amides is 1. The third-order valence-electron chi connectivity index (χ3n) is 4.00. The summed E-state index contributed by atoms with van der Waals surface area (Å²) in [5, 5.41) is 7.55. The Labute approximate surface area is 173 Å². The highest BCUT2D eigenvalue weighted by atomic mass is 79.9. The number of thiazole rings is 1. The fourth-order valence-corrected chi connectivity index (χ4v) is 4.62. The molecule has 4 rings (SSSR count). The number of aromatic nitrogens is 2. The number of hydrogen-bond donors (Lipinski definition) is 1. The summed E-state index contributed by atoms with van der Waals surface area (Å²) in [6.07, 6.45) is 5.27. The van der Waals surface area contributed by atoms with E-state index >= 15 is 0 Å². The predicted octanol–water partition coefficient (Wildman–Crippen LogP) is 5.80. The van der Waals surface area contributed by atoms with Crippen molar-refractivity contribution in [3.63, 3.8) is 0 Å². The molecule has 0 fully saturated rings. The van der Waals surface area contributed by atoms with Crippen molar-refractivity contribution in [3.8, 4) is 10.4 Å². The molecular weight excluding hydrogens is 442 g/mol. The zero-order valence-electron chi connectivity index (χ0n) is 14.0. The number of rotatable bonds is 5. The number of nitrogens with zero attached hydrogens (tertiary/aromatic N) is 2. The van der Waals surface area contributed by atoms with Crippen molar-refractivity contribution in [3.05, 3.63) is 87.4 Å². The average molecular weight is 456 g/mol. The van der Waals surface area contributed by atoms with Gasteiger partial charge in [0.1, 0.15) is 0 Å². The Hall–Kier alpha value is -2.35. The van der Waals surface area contributed by atoms with E-state index in [1.165, 1.54) is 11.3 Å². The van der Waals surface area contributed by atoms with Crippen LogP contribution in [0.2, 0.25) is 0 Å². The molecule has 1 amide bonds. The van der Waals surface area contributed by atoms with E-state index in [2.05, 4.69) is 31.2 Å². The van der Waals surface area contributed by atoms with E-state index in [0.717, 1.165) is 26.0 Å². The van der Waals surface area contributed by atoms with Crippen LogP contribution >= 0.6 is 38.6 Å². The second-order valence-electron chi connectivity index (χ2n) is 5.81. The highest BCUT2D eigenvalue weighted by Crippen LogP contribution is 2.32. The van der Waals surface area contributed by atoms with Gasteiger partial charge in [0.2, 0.25) is 5.91 Å². The van der Waals surface area contributed by atoms with E-state index in [-0.39, 0.29) is 11.8 Å². The van der Waals surface area contributed by atoms with Gasteiger partial charge in [-0.05, 0) is 49.9 Å². The van der Waals surface area contributed by atoms with Gasteiger partial charge in [-0.25, -0.2) is 4.98 Å². The molecule has 0 aliphatic heterocycles. The summed E-state index contributed by atoms with van der Waals surface area (Å²) in [7, 11) is 0. The molecule has 0 aliphatic carbocycles. The second-order valence-corrected chi connectivity index (χ2v) is 8.54. The fourth-order valence-electron chi connectivity index (χ4n) is 2.77. The molecule has 134 valence electrons. The average Bonchev–Trinajstić information content (AvgIpc) is 3.35. The lowest BCUT2D eigenvalue weighted by Crippen LogP contribution is -2.21. The Morgan fingerprint density at radius 1 is 1.07 bits per heavy atom. The molecule has 1 atom stereocenters. The number of hydrogen-bond acceptors (Lipinski definition) is 5. The topological polar surface area (TPSA) is 54.9 Å². The highest BCUT2D eigenvalue weighted by Gasteiger charge is 2.24. The lowest BCUT2D eigenvalue weighted by atomic mass is 9.92. The van der Waals surface area contributed by atoms with Crippen molar-refractivity contribution < 1.29 is 4.79 Å². The number of thiophene rings is 1. The minimum Gasteiger partial charge on any atom is -0.301 e. The summed E-state index contributed by atoms with van der Waals surface area (Å²) in [6.45, 7) is 0. The van der Waals surface area contributed by atoms with Crippen molar-refractivity contribution in [1.82, 2.24) is 9.97 Å². The number of pyridine rings is 1. The molecule has 1 aromatic carbocycles. The fraction of sp³-hybridized carbons (Fsp3) is 0.0500. The first-order valence-electron chi connectivity index (χ1n) is 8.15. The molecule has 7 heteroatoms. The Kier molecular flexibility index (Phi) is 5.42. The standard InChI is InChI=1S/C20H14BrN3OS2/c21-16-8-15(9-22-10-16)17-11-23-20(27-17)24-19(25)18(14-6-7-26-12-14)13-4-2-1-3-5-13/h1-12,18H,(H,23,24,25). The van der Waals surface area contributed by atoms with Crippen LogP contribution in [0.3, 0.4) is 0 Å². The Morgan fingerprint density at radius 2 is 1.93 bits per heavy atom. The van der Waals surface area contributed by atoms with Gasteiger partial charge in [0.25, 0.3) is 0 Å². The van der Waals surface area contributed by atoms with Crippen LogP contribution in [-0.4, -0.2) is 15.9 Å². The zero-order chi connectivity index (χ0) is 18.6. The van der Waals surface area contributed by atoms with E-state index in [9.17, 15) is 4.79 Å². The van der Waals surface area contributed by atoms with Crippen LogP contribution in [0.1, 0.15) is 17.0 Å². The first-order chi connectivity index (χ1) is 13.2. The number of nitrogens with one attached hydrogen (secondary N) is 1. The van der Waals surface area contributed by atoms with Crippen molar-refractivity contribution in [2.45, 2.75) is 5.92 Å². The number of benzene rings is 1. The third kappa shape index (κ3) is 4.16. The number of halogens is 1. The highest BCUT2D eigenvalue weighted by molar-refractivity contribution is 9.10. The van der Waals surface area contributed by atoms with Gasteiger partial charge in [0.15, 0.2) is 5.13 Å². The van der Waals surface area contributed by atoms with Crippen molar-refractivity contribution in [2.24, 2.45) is 0 Å². The van der Waals surface area contributed by atoms with Gasteiger partial charge in [-0.1, -0.05) is 41.7 Å². The van der Waals surface area contributed by atoms with Crippen LogP contribution in [0, 0.1) is 0 Å². The smallest absolute Gasteiger partial charge is 0.238 e. The molecule has 0 saturated carbocycles. The monoisotopic (exact) mass is 455 g/mol. The normalized spacial score (nSPS) is 11.9. The molecule has 0 spiro atoms. The number of carbonyl (C=O) groups excluding carboxylic acids is 1. The van der Waals surface area contributed by atoms with Gasteiger partial charge in [-0.2, -0.15) is 11.3 Å². The molecule has 4 nitrogen and oxygen atoms in total. The summed E-state index contributed by atoms with van der Waals surface area (Å²) in [6, 6.07) is 13.8. The Bertz CT molecular complexity index is 1050. The molecule has 1 unspecified atom stereocenters. The van der Waals surface area contributed by atoms with Gasteiger partial charge in [0.05, 0.1) is 10.8 Å². The van der Waals surface area contributed by atoms with Crippen LogP contribution in [0.25, 0.3) is 10.4 Å². The molecule has 3 heterocycles. The molecule has 0 radical (unpaired) electrons. The molecule has 0 saturated heterocycles. The molecule has 27 heavy (non-hydrogen) atoms. The maximum absolute atomic E-state index is 13.1. The van der Waals surface area contributed by atoms with Crippen LogP contribution in [-0.2, 0) is 4.79 Å². The minimum absolute atomic E-state index is 0.0899. The van der Waals surface area contributed by atoms with Crippen LogP contribution < -0.4 is 5.32 Å². The van der Waals surface area contributed by atoms with Crippen LogP contribution in [0.5, 0.6) is 0 Å². The van der Waals surface area contributed by atoms with Gasteiger partial charge >= 0.3 is 0 Å². The maximum Gasteiger partial charge on any atom is 0.238 e. The quantitative estimate of drug-likeness (QED) is 0.413. The summed E-state index contributed by atoms with van der Waals surface area (Å²) in [5.41, 5.74) is 2.90. The van der Waals surface area contributed by atoms with Crippen LogP contribution in [0.15, 0.2) is 76.3 Å². The minimum atomic E-state index is -0.364. The van der Waals surface area contributed by atoms with Crippen molar-refractivity contribution in [1.29, 1.82) is 0 Å². The molecule has 3 aromatic heterocycles. The maximum atomic E-state index is 13.1. The molecule has 1 N–H and O–H groups in total. The molecule has 0 bridgehead atoms. The lowest BCUT2D eigenvalue weighted by Gasteiger charge is -2.15.